The SMILES string of the molecule is Cc1cccc(NS(=O)(=O)c2ccc(C(=O)NCC3CNC3)cc2)c1C. The molecule has 6 nitrogen and oxygen atoms in total. The predicted molar refractivity (Wildman–Crippen MR) is 102 cm³/mol. The molecule has 0 radical (unpaired) electrons. The van der Waals surface area contributed by atoms with Crippen molar-refractivity contribution < 1.29 is 13.2 Å². The third kappa shape index (κ3) is 4.05. The second-order valence-electron chi connectivity index (χ2n) is 6.61. The Morgan fingerprint density at radius 1 is 1.12 bits per heavy atom. The van der Waals surface area contributed by atoms with Crippen molar-refractivity contribution in [2.75, 3.05) is 24.4 Å². The zero-order chi connectivity index (χ0) is 18.7. The summed E-state index contributed by atoms with van der Waals surface area (Å²) in [6.45, 7) is 6.27. The van der Waals surface area contributed by atoms with Crippen molar-refractivity contribution in [3.8, 4) is 0 Å². The van der Waals surface area contributed by atoms with Gasteiger partial charge in [-0.15, -0.1) is 0 Å². The van der Waals surface area contributed by atoms with Gasteiger partial charge in [-0.05, 0) is 55.3 Å². The van der Waals surface area contributed by atoms with Gasteiger partial charge in [-0.25, -0.2) is 8.42 Å². The van der Waals surface area contributed by atoms with Gasteiger partial charge in [0, 0.05) is 31.1 Å². The number of anilines is 1. The number of aryl methyl sites for hydroxylation is 1. The number of benzene rings is 2. The molecule has 0 atom stereocenters. The largest absolute Gasteiger partial charge is 0.352 e. The van der Waals surface area contributed by atoms with Crippen molar-refractivity contribution in [2.24, 2.45) is 5.92 Å². The lowest BCUT2D eigenvalue weighted by atomic mass is 10.0. The molecule has 1 aliphatic rings. The van der Waals surface area contributed by atoms with Gasteiger partial charge >= 0.3 is 0 Å². The first-order valence-corrected chi connectivity index (χ1v) is 10.0. The molecule has 7 heteroatoms. The number of carbonyl (C=O) groups is 1. The molecule has 0 bridgehead atoms. The van der Waals surface area contributed by atoms with Crippen molar-refractivity contribution in [1.29, 1.82) is 0 Å². The molecule has 1 aliphatic heterocycles. The van der Waals surface area contributed by atoms with Crippen molar-refractivity contribution in [3.05, 3.63) is 59.2 Å². The normalized spacial score (nSPS) is 14.5. The number of hydrogen-bond acceptors (Lipinski definition) is 4. The standard InChI is InChI=1S/C19H23N3O3S/c1-13-4-3-5-18(14(13)2)22-26(24,25)17-8-6-16(7-9-17)19(23)21-12-15-10-20-11-15/h3-9,15,20,22H,10-12H2,1-2H3,(H,21,23). The van der Waals surface area contributed by atoms with Crippen LogP contribution in [0.25, 0.3) is 0 Å². The Hall–Kier alpha value is -2.38. The molecule has 3 N–H and O–H groups in total. The summed E-state index contributed by atoms with van der Waals surface area (Å²) in [5.41, 5.74) is 2.90. The molecule has 0 spiro atoms. The van der Waals surface area contributed by atoms with E-state index in [4.69, 9.17) is 0 Å². The summed E-state index contributed by atoms with van der Waals surface area (Å²) in [5.74, 6) is 0.281. The third-order valence-electron chi connectivity index (χ3n) is 4.69. The van der Waals surface area contributed by atoms with Crippen LogP contribution < -0.4 is 15.4 Å². The quantitative estimate of drug-likeness (QED) is 0.723. The van der Waals surface area contributed by atoms with Gasteiger partial charge in [0.05, 0.1) is 10.6 Å². The van der Waals surface area contributed by atoms with Gasteiger partial charge in [0.15, 0.2) is 0 Å². The van der Waals surface area contributed by atoms with Gasteiger partial charge in [0.2, 0.25) is 0 Å². The lowest BCUT2D eigenvalue weighted by Gasteiger charge is -2.27. The molecule has 0 unspecified atom stereocenters. The van der Waals surface area contributed by atoms with Crippen molar-refractivity contribution in [3.63, 3.8) is 0 Å². The van der Waals surface area contributed by atoms with Crippen molar-refractivity contribution in [1.82, 2.24) is 10.6 Å². The van der Waals surface area contributed by atoms with Gasteiger partial charge < -0.3 is 10.6 Å². The molecule has 1 fully saturated rings. The number of amides is 1. The monoisotopic (exact) mass is 373 g/mol. The molecular formula is C19H23N3O3S. The second-order valence-corrected chi connectivity index (χ2v) is 8.29. The van der Waals surface area contributed by atoms with Crippen LogP contribution in [0.3, 0.4) is 0 Å². The smallest absolute Gasteiger partial charge is 0.261 e. The molecule has 1 heterocycles. The van der Waals surface area contributed by atoms with Gasteiger partial charge in [-0.3, -0.25) is 9.52 Å². The fourth-order valence-electron chi connectivity index (χ4n) is 2.68. The van der Waals surface area contributed by atoms with Crippen LogP contribution in [0.15, 0.2) is 47.4 Å². The number of rotatable bonds is 6. The van der Waals surface area contributed by atoms with Crippen LogP contribution in [0.2, 0.25) is 0 Å². The summed E-state index contributed by atoms with van der Waals surface area (Å²) in [7, 11) is -3.71. The topological polar surface area (TPSA) is 87.3 Å². The minimum Gasteiger partial charge on any atom is -0.352 e. The van der Waals surface area contributed by atoms with Crippen molar-refractivity contribution in [2.45, 2.75) is 18.7 Å². The van der Waals surface area contributed by atoms with E-state index >= 15 is 0 Å². The molecular weight excluding hydrogens is 350 g/mol. The van der Waals surface area contributed by atoms with Gasteiger partial charge in [-0.2, -0.15) is 0 Å². The molecule has 0 saturated carbocycles. The first-order valence-electron chi connectivity index (χ1n) is 8.55. The molecule has 0 aromatic heterocycles. The Labute approximate surface area is 154 Å². The highest BCUT2D eigenvalue weighted by Crippen LogP contribution is 2.22. The zero-order valence-electron chi connectivity index (χ0n) is 14.9. The van der Waals surface area contributed by atoms with Crippen LogP contribution in [0.4, 0.5) is 5.69 Å². The highest BCUT2D eigenvalue weighted by Gasteiger charge is 2.19. The maximum Gasteiger partial charge on any atom is 0.261 e. The van der Waals surface area contributed by atoms with Gasteiger partial charge in [0.25, 0.3) is 15.9 Å². The number of sulfonamides is 1. The van der Waals surface area contributed by atoms with E-state index < -0.39 is 10.0 Å². The molecule has 1 amide bonds. The molecule has 0 aliphatic carbocycles. The Morgan fingerprint density at radius 3 is 2.42 bits per heavy atom. The van der Waals surface area contributed by atoms with E-state index in [1.807, 2.05) is 26.0 Å². The Balaban J connectivity index is 1.70. The Bertz CT molecular complexity index is 904. The van der Waals surface area contributed by atoms with E-state index in [0.717, 1.165) is 24.2 Å². The fourth-order valence-corrected chi connectivity index (χ4v) is 3.81. The molecule has 1 saturated heterocycles. The zero-order valence-corrected chi connectivity index (χ0v) is 15.7. The molecule has 3 rings (SSSR count). The predicted octanol–water partition coefficient (Wildman–Crippen LogP) is 2.05. The average Bonchev–Trinajstić information content (AvgIpc) is 2.57. The van der Waals surface area contributed by atoms with Crippen LogP contribution in [0, 0.1) is 19.8 Å². The second kappa shape index (κ2) is 7.47. The van der Waals surface area contributed by atoms with E-state index in [1.54, 1.807) is 6.07 Å². The van der Waals surface area contributed by atoms with Gasteiger partial charge in [-0.1, -0.05) is 12.1 Å². The molecule has 2 aromatic rings. The number of nitrogens with one attached hydrogen (secondary N) is 3. The van der Waals surface area contributed by atoms with Crippen LogP contribution in [-0.2, 0) is 10.0 Å². The highest BCUT2D eigenvalue weighted by atomic mass is 32.2. The Kier molecular flexibility index (Phi) is 5.29. The number of hydrogen-bond donors (Lipinski definition) is 3. The summed E-state index contributed by atoms with van der Waals surface area (Å²) in [6.07, 6.45) is 0. The summed E-state index contributed by atoms with van der Waals surface area (Å²) in [5, 5.41) is 6.02. The molecule has 138 valence electrons. The fraction of sp³-hybridized carbons (Fsp3) is 0.316. The summed E-state index contributed by atoms with van der Waals surface area (Å²) < 4.78 is 27.8. The van der Waals surface area contributed by atoms with E-state index in [2.05, 4.69) is 15.4 Å². The lowest BCUT2D eigenvalue weighted by molar-refractivity contribution is 0.0942. The maximum absolute atomic E-state index is 12.6. The van der Waals surface area contributed by atoms with E-state index in [9.17, 15) is 13.2 Å². The van der Waals surface area contributed by atoms with Gasteiger partial charge in [0.1, 0.15) is 0 Å². The minimum atomic E-state index is -3.71. The molecule has 26 heavy (non-hydrogen) atoms. The first-order chi connectivity index (χ1) is 12.4. The van der Waals surface area contributed by atoms with Crippen molar-refractivity contribution >= 4 is 21.6 Å². The van der Waals surface area contributed by atoms with Crippen LogP contribution in [-0.4, -0.2) is 34.0 Å². The van der Waals surface area contributed by atoms with Crippen LogP contribution >= 0.6 is 0 Å². The first kappa shape index (κ1) is 18.4. The molecule has 2 aromatic carbocycles. The van der Waals surface area contributed by atoms with Crippen LogP contribution in [0.5, 0.6) is 0 Å². The summed E-state index contributed by atoms with van der Waals surface area (Å²) in [6, 6.07) is 11.4. The highest BCUT2D eigenvalue weighted by molar-refractivity contribution is 7.92. The van der Waals surface area contributed by atoms with Crippen LogP contribution in [0.1, 0.15) is 21.5 Å². The summed E-state index contributed by atoms with van der Waals surface area (Å²) >= 11 is 0. The minimum absolute atomic E-state index is 0.123. The lowest BCUT2D eigenvalue weighted by Crippen LogP contribution is -2.48. The Morgan fingerprint density at radius 2 is 1.81 bits per heavy atom. The van der Waals surface area contributed by atoms with E-state index in [0.29, 0.717) is 23.7 Å². The third-order valence-corrected chi connectivity index (χ3v) is 6.07. The maximum atomic E-state index is 12.6. The van der Waals surface area contributed by atoms with E-state index in [-0.39, 0.29) is 10.8 Å². The van der Waals surface area contributed by atoms with E-state index in [1.165, 1.54) is 24.3 Å². The average molecular weight is 373 g/mol. The number of carbonyl (C=O) groups excluding carboxylic acids is 1. The summed E-state index contributed by atoms with van der Waals surface area (Å²) in [4.78, 5) is 12.2.